The first-order chi connectivity index (χ1) is 9.78. The molecule has 1 aliphatic heterocycles. The third kappa shape index (κ3) is 4.85. The number of hydrogen-bond donors (Lipinski definition) is 0. The Balaban J connectivity index is 1.79. The van der Waals surface area contributed by atoms with Crippen molar-refractivity contribution in [3.63, 3.8) is 0 Å². The Kier molecular flexibility index (Phi) is 5.87. The van der Waals surface area contributed by atoms with E-state index in [0.717, 1.165) is 18.7 Å². The molecule has 2 rings (SSSR count). The predicted molar refractivity (Wildman–Crippen MR) is 77.9 cm³/mol. The second-order valence-corrected chi connectivity index (χ2v) is 5.04. The highest BCUT2D eigenvalue weighted by atomic mass is 16.6. The summed E-state index contributed by atoms with van der Waals surface area (Å²) in [6, 6.07) is 7.96. The van der Waals surface area contributed by atoms with E-state index in [9.17, 15) is 4.79 Å². The van der Waals surface area contributed by atoms with Crippen LogP contribution >= 0.6 is 0 Å². The van der Waals surface area contributed by atoms with Crippen molar-refractivity contribution in [2.75, 3.05) is 32.8 Å². The lowest BCUT2D eigenvalue weighted by molar-refractivity contribution is -0.145. The molecule has 0 radical (unpaired) electrons. The number of hydrogen-bond acceptors (Lipinski definition) is 4. The number of carbonyl (C=O) groups excluding carboxylic acids is 1. The molecular formula is C16H23NO3. The smallest absolute Gasteiger partial charge is 0.344 e. The van der Waals surface area contributed by atoms with E-state index in [0.29, 0.717) is 6.61 Å². The lowest BCUT2D eigenvalue weighted by atomic mass is 10.1. The molecule has 20 heavy (non-hydrogen) atoms. The van der Waals surface area contributed by atoms with E-state index < -0.39 is 0 Å². The first-order valence-electron chi connectivity index (χ1n) is 7.37. The minimum absolute atomic E-state index is 0.0244. The fourth-order valence-corrected chi connectivity index (χ4v) is 2.43. The summed E-state index contributed by atoms with van der Waals surface area (Å²) in [6.07, 6.45) is 3.67. The number of rotatable bonds is 7. The molecule has 0 spiro atoms. The molecule has 0 aliphatic carbocycles. The van der Waals surface area contributed by atoms with Crippen LogP contribution in [0, 0.1) is 0 Å². The predicted octanol–water partition coefficient (Wildman–Crippen LogP) is 2.27. The Labute approximate surface area is 120 Å². The summed E-state index contributed by atoms with van der Waals surface area (Å²) >= 11 is 0. The van der Waals surface area contributed by atoms with Gasteiger partial charge in [-0.2, -0.15) is 0 Å². The van der Waals surface area contributed by atoms with Crippen molar-refractivity contribution >= 4 is 5.97 Å². The van der Waals surface area contributed by atoms with Crippen LogP contribution in [0.3, 0.4) is 0 Å². The van der Waals surface area contributed by atoms with Gasteiger partial charge in [0.15, 0.2) is 6.61 Å². The van der Waals surface area contributed by atoms with Crippen molar-refractivity contribution in [3.8, 4) is 5.75 Å². The maximum Gasteiger partial charge on any atom is 0.344 e. The van der Waals surface area contributed by atoms with Gasteiger partial charge in [0, 0.05) is 6.54 Å². The molecule has 1 fully saturated rings. The zero-order chi connectivity index (χ0) is 14.2. The highest BCUT2D eigenvalue weighted by Gasteiger charge is 2.11. The summed E-state index contributed by atoms with van der Waals surface area (Å²) in [4.78, 5) is 13.7. The molecule has 0 amide bonds. The van der Waals surface area contributed by atoms with Gasteiger partial charge in [-0.1, -0.05) is 12.1 Å². The van der Waals surface area contributed by atoms with Gasteiger partial charge in [-0.05, 0) is 57.0 Å². The average Bonchev–Trinajstić information content (AvgIpc) is 2.97. The van der Waals surface area contributed by atoms with Crippen LogP contribution in [-0.4, -0.2) is 43.7 Å². The molecule has 1 saturated heterocycles. The molecule has 0 aromatic heterocycles. The van der Waals surface area contributed by atoms with Crippen molar-refractivity contribution in [2.24, 2.45) is 0 Å². The van der Waals surface area contributed by atoms with Crippen LogP contribution in [0.4, 0.5) is 0 Å². The van der Waals surface area contributed by atoms with Crippen molar-refractivity contribution < 1.29 is 14.3 Å². The highest BCUT2D eigenvalue weighted by molar-refractivity contribution is 5.71. The number of benzene rings is 1. The molecule has 1 heterocycles. The molecule has 110 valence electrons. The highest BCUT2D eigenvalue weighted by Crippen LogP contribution is 2.15. The van der Waals surface area contributed by atoms with Gasteiger partial charge >= 0.3 is 5.97 Å². The Hall–Kier alpha value is -1.55. The van der Waals surface area contributed by atoms with Gasteiger partial charge in [0.1, 0.15) is 5.75 Å². The zero-order valence-electron chi connectivity index (χ0n) is 12.1. The lowest BCUT2D eigenvalue weighted by Gasteiger charge is -2.14. The molecular weight excluding hydrogens is 254 g/mol. The third-order valence-corrected chi connectivity index (χ3v) is 3.48. The third-order valence-electron chi connectivity index (χ3n) is 3.48. The van der Waals surface area contributed by atoms with Gasteiger partial charge in [0.05, 0.1) is 6.61 Å². The minimum atomic E-state index is -0.324. The van der Waals surface area contributed by atoms with E-state index >= 15 is 0 Å². The molecule has 0 bridgehead atoms. The standard InChI is InChI=1S/C16H23NO3/c1-2-19-16(18)13-20-15-7-5-6-14(12-15)8-11-17-9-3-4-10-17/h5-7,12H,2-4,8-11,13H2,1H3. The molecule has 0 saturated carbocycles. The van der Waals surface area contributed by atoms with E-state index in [2.05, 4.69) is 11.0 Å². The van der Waals surface area contributed by atoms with Crippen LogP contribution < -0.4 is 4.74 Å². The number of nitrogens with zero attached hydrogens (tertiary/aromatic N) is 1. The van der Waals surface area contributed by atoms with E-state index in [1.807, 2.05) is 18.2 Å². The van der Waals surface area contributed by atoms with Gasteiger partial charge in [-0.3, -0.25) is 0 Å². The van der Waals surface area contributed by atoms with E-state index in [1.54, 1.807) is 6.92 Å². The topological polar surface area (TPSA) is 38.8 Å². The molecule has 0 N–H and O–H groups in total. The number of likely N-dealkylation sites (tertiary alicyclic amines) is 1. The molecule has 1 aromatic carbocycles. The Bertz CT molecular complexity index is 427. The maximum absolute atomic E-state index is 11.2. The second-order valence-electron chi connectivity index (χ2n) is 5.04. The second kappa shape index (κ2) is 7.90. The van der Waals surface area contributed by atoms with Crippen LogP contribution in [0.2, 0.25) is 0 Å². The van der Waals surface area contributed by atoms with E-state index in [4.69, 9.17) is 9.47 Å². The van der Waals surface area contributed by atoms with Crippen LogP contribution in [0.25, 0.3) is 0 Å². The van der Waals surface area contributed by atoms with Gasteiger partial charge in [-0.25, -0.2) is 4.79 Å². The normalized spacial score (nSPS) is 15.2. The Morgan fingerprint density at radius 3 is 2.85 bits per heavy atom. The molecule has 4 heteroatoms. The van der Waals surface area contributed by atoms with Crippen LogP contribution in [0.15, 0.2) is 24.3 Å². The monoisotopic (exact) mass is 277 g/mol. The Morgan fingerprint density at radius 1 is 1.30 bits per heavy atom. The first kappa shape index (κ1) is 14.9. The zero-order valence-corrected chi connectivity index (χ0v) is 12.1. The van der Waals surface area contributed by atoms with Crippen molar-refractivity contribution in [2.45, 2.75) is 26.2 Å². The lowest BCUT2D eigenvalue weighted by Crippen LogP contribution is -2.21. The van der Waals surface area contributed by atoms with Crippen LogP contribution in [0.5, 0.6) is 5.75 Å². The van der Waals surface area contributed by atoms with Crippen molar-refractivity contribution in [1.82, 2.24) is 4.90 Å². The van der Waals surface area contributed by atoms with E-state index in [1.165, 1.54) is 31.5 Å². The largest absolute Gasteiger partial charge is 0.482 e. The van der Waals surface area contributed by atoms with Gasteiger partial charge < -0.3 is 14.4 Å². The van der Waals surface area contributed by atoms with Gasteiger partial charge in [0.25, 0.3) is 0 Å². The summed E-state index contributed by atoms with van der Waals surface area (Å²) in [5.41, 5.74) is 1.25. The summed E-state index contributed by atoms with van der Waals surface area (Å²) in [6.45, 7) is 5.69. The average molecular weight is 277 g/mol. The van der Waals surface area contributed by atoms with Gasteiger partial charge in [-0.15, -0.1) is 0 Å². The fraction of sp³-hybridized carbons (Fsp3) is 0.562. The first-order valence-corrected chi connectivity index (χ1v) is 7.37. The number of carbonyl (C=O) groups is 1. The molecule has 4 nitrogen and oxygen atoms in total. The molecule has 1 aromatic rings. The SMILES string of the molecule is CCOC(=O)COc1cccc(CCN2CCCC2)c1. The fourth-order valence-electron chi connectivity index (χ4n) is 2.43. The summed E-state index contributed by atoms with van der Waals surface area (Å²) < 4.78 is 10.3. The summed E-state index contributed by atoms with van der Waals surface area (Å²) in [5, 5.41) is 0. The molecule has 0 unspecified atom stereocenters. The summed E-state index contributed by atoms with van der Waals surface area (Å²) in [7, 11) is 0. The van der Waals surface area contributed by atoms with E-state index in [-0.39, 0.29) is 12.6 Å². The van der Waals surface area contributed by atoms with Crippen molar-refractivity contribution in [1.29, 1.82) is 0 Å². The van der Waals surface area contributed by atoms with Crippen LogP contribution in [-0.2, 0) is 16.0 Å². The summed E-state index contributed by atoms with van der Waals surface area (Å²) in [5.74, 6) is 0.409. The molecule has 1 aliphatic rings. The molecule has 0 atom stereocenters. The van der Waals surface area contributed by atoms with Crippen molar-refractivity contribution in [3.05, 3.63) is 29.8 Å². The quantitative estimate of drug-likeness (QED) is 0.717. The minimum Gasteiger partial charge on any atom is -0.482 e. The number of ether oxygens (including phenoxy) is 2. The van der Waals surface area contributed by atoms with Gasteiger partial charge in [0.2, 0.25) is 0 Å². The number of esters is 1. The maximum atomic E-state index is 11.2. The van der Waals surface area contributed by atoms with Crippen LogP contribution in [0.1, 0.15) is 25.3 Å². The Morgan fingerprint density at radius 2 is 2.10 bits per heavy atom.